The van der Waals surface area contributed by atoms with E-state index in [1.807, 2.05) is 38.1 Å². The van der Waals surface area contributed by atoms with Crippen LogP contribution in [0.4, 0.5) is 5.69 Å². The van der Waals surface area contributed by atoms with Crippen molar-refractivity contribution in [3.05, 3.63) is 41.5 Å². The van der Waals surface area contributed by atoms with E-state index in [0.717, 1.165) is 5.69 Å². The number of anilines is 1. The third-order valence-electron chi connectivity index (χ3n) is 4.78. The fraction of sp³-hybridized carbons (Fsp3) is 0.500. The number of hydrogen-bond acceptors (Lipinski definition) is 5. The van der Waals surface area contributed by atoms with Gasteiger partial charge in [-0.1, -0.05) is 45.0 Å². The van der Waals surface area contributed by atoms with Gasteiger partial charge in [0.25, 0.3) is 0 Å². The van der Waals surface area contributed by atoms with Crippen LogP contribution in [0.3, 0.4) is 0 Å². The molecule has 1 saturated heterocycles. The molecule has 2 heterocycles. The summed E-state index contributed by atoms with van der Waals surface area (Å²) >= 11 is 0. The Bertz CT molecular complexity index is 811. The van der Waals surface area contributed by atoms with Crippen molar-refractivity contribution in [1.82, 2.24) is 15.5 Å². The number of nitrogens with one attached hydrogen (secondary N) is 1. The van der Waals surface area contributed by atoms with E-state index in [4.69, 9.17) is 4.52 Å². The SMILES string of the molecule is CC(C)c1ccc(N2C[C@@H](C(=O)NCc3nc(C(C)C)no3)CC2=O)cc1. The minimum atomic E-state index is -0.380. The number of rotatable bonds is 6. The molecule has 1 N–H and O–H groups in total. The second kappa shape index (κ2) is 7.90. The van der Waals surface area contributed by atoms with Gasteiger partial charge in [-0.05, 0) is 23.6 Å². The molecule has 7 heteroatoms. The van der Waals surface area contributed by atoms with Gasteiger partial charge in [0.05, 0.1) is 12.5 Å². The molecular formula is C20H26N4O3. The van der Waals surface area contributed by atoms with Crippen LogP contribution in [0.1, 0.15) is 63.2 Å². The number of benzene rings is 1. The first kappa shape index (κ1) is 19.1. The molecule has 0 saturated carbocycles. The number of carbonyl (C=O) groups excluding carboxylic acids is 2. The number of nitrogens with zero attached hydrogens (tertiary/aromatic N) is 3. The molecule has 1 aromatic heterocycles. The molecule has 7 nitrogen and oxygen atoms in total. The Balaban J connectivity index is 1.58. The second-order valence-electron chi connectivity index (χ2n) is 7.57. The summed E-state index contributed by atoms with van der Waals surface area (Å²) in [6.07, 6.45) is 0.207. The Kier molecular flexibility index (Phi) is 5.58. The molecule has 1 aromatic carbocycles. The van der Waals surface area contributed by atoms with Gasteiger partial charge in [-0.25, -0.2) is 0 Å². The number of hydrogen-bond donors (Lipinski definition) is 1. The summed E-state index contributed by atoms with van der Waals surface area (Å²) in [4.78, 5) is 30.7. The van der Waals surface area contributed by atoms with Crippen molar-refractivity contribution < 1.29 is 14.1 Å². The van der Waals surface area contributed by atoms with E-state index >= 15 is 0 Å². The van der Waals surface area contributed by atoms with E-state index in [1.165, 1.54) is 5.56 Å². The molecule has 1 atom stereocenters. The van der Waals surface area contributed by atoms with Gasteiger partial charge >= 0.3 is 0 Å². The third-order valence-corrected chi connectivity index (χ3v) is 4.78. The lowest BCUT2D eigenvalue weighted by atomic mass is 10.0. The molecule has 0 aliphatic carbocycles. The average Bonchev–Trinajstić information content (AvgIpc) is 3.26. The smallest absolute Gasteiger partial charge is 0.246 e. The molecule has 144 valence electrons. The molecule has 0 unspecified atom stereocenters. The summed E-state index contributed by atoms with van der Waals surface area (Å²) in [6, 6.07) is 7.95. The maximum absolute atomic E-state index is 12.4. The van der Waals surface area contributed by atoms with Crippen LogP contribution in [0.5, 0.6) is 0 Å². The summed E-state index contributed by atoms with van der Waals surface area (Å²) < 4.78 is 5.13. The fourth-order valence-electron chi connectivity index (χ4n) is 3.05. The maximum atomic E-state index is 12.4. The van der Waals surface area contributed by atoms with E-state index in [1.54, 1.807) is 4.90 Å². The Morgan fingerprint density at radius 3 is 2.52 bits per heavy atom. The molecule has 0 spiro atoms. The molecule has 3 rings (SSSR count). The topological polar surface area (TPSA) is 88.3 Å². The minimum absolute atomic E-state index is 0.0349. The van der Waals surface area contributed by atoms with Crippen molar-refractivity contribution in [2.24, 2.45) is 5.92 Å². The van der Waals surface area contributed by atoms with Crippen molar-refractivity contribution >= 4 is 17.5 Å². The number of carbonyl (C=O) groups is 2. The average molecular weight is 370 g/mol. The summed E-state index contributed by atoms with van der Waals surface area (Å²) in [5.41, 5.74) is 2.05. The van der Waals surface area contributed by atoms with Crippen molar-refractivity contribution in [2.75, 3.05) is 11.4 Å². The molecule has 0 bridgehead atoms. The zero-order valence-electron chi connectivity index (χ0n) is 16.2. The highest BCUT2D eigenvalue weighted by Gasteiger charge is 2.35. The Morgan fingerprint density at radius 2 is 1.93 bits per heavy atom. The first-order valence-corrected chi connectivity index (χ1v) is 9.35. The molecule has 1 aliphatic rings. The maximum Gasteiger partial charge on any atom is 0.246 e. The Hall–Kier alpha value is -2.70. The van der Waals surface area contributed by atoms with Crippen LogP contribution >= 0.6 is 0 Å². The number of amides is 2. The Morgan fingerprint density at radius 1 is 1.22 bits per heavy atom. The zero-order valence-corrected chi connectivity index (χ0v) is 16.2. The predicted molar refractivity (Wildman–Crippen MR) is 101 cm³/mol. The van der Waals surface area contributed by atoms with Gasteiger partial charge in [0, 0.05) is 24.6 Å². The Labute approximate surface area is 159 Å². The lowest BCUT2D eigenvalue weighted by Crippen LogP contribution is -2.32. The van der Waals surface area contributed by atoms with E-state index < -0.39 is 0 Å². The lowest BCUT2D eigenvalue weighted by molar-refractivity contribution is -0.126. The van der Waals surface area contributed by atoms with Crippen molar-refractivity contribution in [1.29, 1.82) is 0 Å². The molecule has 2 amide bonds. The second-order valence-corrected chi connectivity index (χ2v) is 7.57. The zero-order chi connectivity index (χ0) is 19.6. The van der Waals surface area contributed by atoms with Crippen LogP contribution in [0.2, 0.25) is 0 Å². The summed E-state index contributed by atoms with van der Waals surface area (Å²) in [5.74, 6) is 1.01. The van der Waals surface area contributed by atoms with Crippen molar-refractivity contribution in [3.8, 4) is 0 Å². The van der Waals surface area contributed by atoms with Crippen LogP contribution in [-0.4, -0.2) is 28.5 Å². The molecule has 1 fully saturated rings. The highest BCUT2D eigenvalue weighted by atomic mass is 16.5. The van der Waals surface area contributed by atoms with E-state index in [9.17, 15) is 9.59 Å². The quantitative estimate of drug-likeness (QED) is 0.844. The van der Waals surface area contributed by atoms with Gasteiger partial charge < -0.3 is 14.7 Å². The van der Waals surface area contributed by atoms with Crippen LogP contribution < -0.4 is 10.2 Å². The van der Waals surface area contributed by atoms with Crippen LogP contribution in [0.15, 0.2) is 28.8 Å². The van der Waals surface area contributed by atoms with Gasteiger partial charge in [0.2, 0.25) is 17.7 Å². The van der Waals surface area contributed by atoms with Gasteiger partial charge in [0.15, 0.2) is 5.82 Å². The van der Waals surface area contributed by atoms with Gasteiger partial charge in [-0.15, -0.1) is 0 Å². The first-order chi connectivity index (χ1) is 12.8. The number of aromatic nitrogens is 2. The van der Waals surface area contributed by atoms with Crippen molar-refractivity contribution in [2.45, 2.75) is 52.5 Å². The highest BCUT2D eigenvalue weighted by molar-refractivity contribution is 6.00. The molecule has 1 aliphatic heterocycles. The van der Waals surface area contributed by atoms with Crippen LogP contribution in [0.25, 0.3) is 0 Å². The van der Waals surface area contributed by atoms with Gasteiger partial charge in [0.1, 0.15) is 0 Å². The summed E-state index contributed by atoms with van der Waals surface area (Å²) in [5, 5.41) is 6.67. The van der Waals surface area contributed by atoms with E-state index in [0.29, 0.717) is 24.2 Å². The summed E-state index contributed by atoms with van der Waals surface area (Å²) in [6.45, 7) is 8.76. The molecular weight excluding hydrogens is 344 g/mol. The van der Waals surface area contributed by atoms with Crippen LogP contribution in [0, 0.1) is 5.92 Å². The minimum Gasteiger partial charge on any atom is -0.347 e. The molecule has 2 aromatic rings. The summed E-state index contributed by atoms with van der Waals surface area (Å²) in [7, 11) is 0. The van der Waals surface area contributed by atoms with Gasteiger partial charge in [-0.2, -0.15) is 4.98 Å². The normalized spacial score (nSPS) is 17.2. The largest absolute Gasteiger partial charge is 0.347 e. The molecule has 27 heavy (non-hydrogen) atoms. The van der Waals surface area contributed by atoms with Crippen LogP contribution in [-0.2, 0) is 16.1 Å². The lowest BCUT2D eigenvalue weighted by Gasteiger charge is -2.17. The third kappa shape index (κ3) is 4.35. The predicted octanol–water partition coefficient (Wildman–Crippen LogP) is 2.99. The fourth-order valence-corrected chi connectivity index (χ4v) is 3.05. The molecule has 0 radical (unpaired) electrons. The van der Waals surface area contributed by atoms with E-state index in [-0.39, 0.29) is 36.6 Å². The van der Waals surface area contributed by atoms with Gasteiger partial charge in [-0.3, -0.25) is 9.59 Å². The standard InChI is InChI=1S/C20H26N4O3/c1-12(2)14-5-7-16(8-6-14)24-11-15(9-18(24)25)20(26)21-10-17-22-19(13(3)4)23-27-17/h5-8,12-13,15H,9-11H2,1-4H3,(H,21,26)/t15-/m0/s1. The van der Waals surface area contributed by atoms with Crippen molar-refractivity contribution in [3.63, 3.8) is 0 Å². The van der Waals surface area contributed by atoms with E-state index in [2.05, 4.69) is 29.3 Å². The highest BCUT2D eigenvalue weighted by Crippen LogP contribution is 2.27. The first-order valence-electron chi connectivity index (χ1n) is 9.35. The monoisotopic (exact) mass is 370 g/mol.